The molecule has 1 aromatic carbocycles. The second kappa shape index (κ2) is 7.79. The van der Waals surface area contributed by atoms with Gasteiger partial charge in [-0.3, -0.25) is 4.79 Å². The van der Waals surface area contributed by atoms with E-state index in [1.807, 2.05) is 36.1 Å². The lowest BCUT2D eigenvalue weighted by Crippen LogP contribution is -2.53. The van der Waals surface area contributed by atoms with Crippen LogP contribution in [0.3, 0.4) is 0 Å². The summed E-state index contributed by atoms with van der Waals surface area (Å²) in [4.78, 5) is 14.1. The van der Waals surface area contributed by atoms with Gasteiger partial charge in [-0.25, -0.2) is 0 Å². The maximum atomic E-state index is 12.2. The third kappa shape index (κ3) is 3.76. The van der Waals surface area contributed by atoms with Gasteiger partial charge in [0.25, 0.3) is 5.91 Å². The number of amides is 1. The van der Waals surface area contributed by atoms with Crippen LogP contribution in [-0.4, -0.2) is 36.8 Å². The van der Waals surface area contributed by atoms with E-state index in [1.54, 1.807) is 6.08 Å². The average Bonchev–Trinajstić information content (AvgIpc) is 2.56. The number of nitrogens with one attached hydrogen (secondary N) is 2. The fraction of sp³-hybridized carbons (Fsp3) is 0.375. The third-order valence-electron chi connectivity index (χ3n) is 3.26. The van der Waals surface area contributed by atoms with Crippen LogP contribution < -0.4 is 20.3 Å². The molecule has 0 aromatic heterocycles. The molecule has 1 amide bonds. The minimum Gasteiger partial charge on any atom is -0.477 e. The summed E-state index contributed by atoms with van der Waals surface area (Å²) in [7, 11) is 0. The molecule has 0 bridgehead atoms. The van der Waals surface area contributed by atoms with Gasteiger partial charge < -0.3 is 20.3 Å². The summed E-state index contributed by atoms with van der Waals surface area (Å²) >= 11 is 5.42. The van der Waals surface area contributed by atoms with Crippen molar-refractivity contribution >= 4 is 28.9 Å². The maximum absolute atomic E-state index is 12.2. The van der Waals surface area contributed by atoms with E-state index in [4.69, 9.17) is 17.0 Å². The number of carbonyl (C=O) groups is 1. The lowest BCUT2D eigenvalue weighted by atomic mass is 10.2. The van der Waals surface area contributed by atoms with Gasteiger partial charge in [0.1, 0.15) is 5.75 Å². The summed E-state index contributed by atoms with van der Waals surface area (Å²) < 4.78 is 5.81. The highest BCUT2D eigenvalue weighted by atomic mass is 32.1. The van der Waals surface area contributed by atoms with Crippen LogP contribution in [0.1, 0.15) is 13.3 Å². The van der Waals surface area contributed by atoms with E-state index in [-0.39, 0.29) is 5.91 Å². The molecular weight excluding hydrogens is 298 g/mol. The number of thiocarbonyl (C=S) groups is 1. The Hall–Kier alpha value is -2.08. The first-order valence-electron chi connectivity index (χ1n) is 7.37. The van der Waals surface area contributed by atoms with Crippen LogP contribution in [0.5, 0.6) is 5.75 Å². The minimum absolute atomic E-state index is 0.118. The van der Waals surface area contributed by atoms with Gasteiger partial charge in [-0.15, -0.1) is 6.58 Å². The van der Waals surface area contributed by atoms with E-state index in [9.17, 15) is 4.79 Å². The topological polar surface area (TPSA) is 53.6 Å². The van der Waals surface area contributed by atoms with E-state index in [2.05, 4.69) is 17.2 Å². The molecular formula is C16H21N3O2S. The van der Waals surface area contributed by atoms with Crippen LogP contribution in [0, 0.1) is 0 Å². The summed E-state index contributed by atoms with van der Waals surface area (Å²) in [6, 6.07) is 7.57. The lowest BCUT2D eigenvalue weighted by Gasteiger charge is -2.35. The normalized spacial score (nSPS) is 16.2. The van der Waals surface area contributed by atoms with Crippen molar-refractivity contribution in [2.24, 2.45) is 0 Å². The highest BCUT2D eigenvalue weighted by Crippen LogP contribution is 2.33. The molecule has 2 rings (SSSR count). The Labute approximate surface area is 136 Å². The van der Waals surface area contributed by atoms with Crippen LogP contribution in [0.15, 0.2) is 36.9 Å². The Bertz CT molecular complexity index is 562. The Balaban J connectivity index is 2.18. The molecule has 1 aliphatic heterocycles. The van der Waals surface area contributed by atoms with Gasteiger partial charge >= 0.3 is 0 Å². The zero-order valence-corrected chi connectivity index (χ0v) is 13.5. The number of nitrogens with zero attached hydrogens (tertiary/aromatic N) is 1. The van der Waals surface area contributed by atoms with Crippen LogP contribution in [0.4, 0.5) is 5.69 Å². The molecule has 0 unspecified atom stereocenters. The number of hydrogen-bond donors (Lipinski definition) is 2. The Morgan fingerprint density at radius 3 is 3.00 bits per heavy atom. The first-order valence-corrected chi connectivity index (χ1v) is 7.77. The Morgan fingerprint density at radius 2 is 2.27 bits per heavy atom. The molecule has 1 atom stereocenters. The average molecular weight is 319 g/mol. The molecule has 118 valence electrons. The van der Waals surface area contributed by atoms with E-state index in [0.717, 1.165) is 12.1 Å². The summed E-state index contributed by atoms with van der Waals surface area (Å²) in [5.74, 6) is 0.543. The Kier molecular flexibility index (Phi) is 5.77. The molecule has 6 heteroatoms. The molecule has 0 fully saturated rings. The predicted molar refractivity (Wildman–Crippen MR) is 92.3 cm³/mol. The van der Waals surface area contributed by atoms with Gasteiger partial charge in [0, 0.05) is 13.1 Å². The van der Waals surface area contributed by atoms with Gasteiger partial charge in [0.2, 0.25) is 0 Å². The van der Waals surface area contributed by atoms with Crippen molar-refractivity contribution in [3.8, 4) is 5.75 Å². The number of ether oxygens (including phenoxy) is 1. The van der Waals surface area contributed by atoms with E-state index < -0.39 is 6.10 Å². The van der Waals surface area contributed by atoms with Crippen molar-refractivity contribution in [1.29, 1.82) is 0 Å². The van der Waals surface area contributed by atoms with Gasteiger partial charge in [0.15, 0.2) is 11.2 Å². The van der Waals surface area contributed by atoms with Crippen molar-refractivity contribution < 1.29 is 9.53 Å². The van der Waals surface area contributed by atoms with E-state index >= 15 is 0 Å². The molecule has 0 aliphatic carbocycles. The molecule has 0 saturated carbocycles. The second-order valence-corrected chi connectivity index (χ2v) is 5.34. The van der Waals surface area contributed by atoms with Crippen LogP contribution in [0.2, 0.25) is 0 Å². The number of para-hydroxylation sites is 2. The predicted octanol–water partition coefficient (Wildman–Crippen LogP) is 1.84. The summed E-state index contributed by atoms with van der Waals surface area (Å²) in [6.07, 6.45) is 2.05. The molecule has 0 spiro atoms. The van der Waals surface area contributed by atoms with Crippen molar-refractivity contribution in [3.63, 3.8) is 0 Å². The molecule has 5 nitrogen and oxygen atoms in total. The highest BCUT2D eigenvalue weighted by molar-refractivity contribution is 7.80. The molecule has 22 heavy (non-hydrogen) atoms. The molecule has 0 saturated heterocycles. The summed E-state index contributed by atoms with van der Waals surface area (Å²) in [6.45, 7) is 7.28. The number of carbonyl (C=O) groups excluding carboxylic acids is 1. The van der Waals surface area contributed by atoms with Crippen molar-refractivity contribution in [3.05, 3.63) is 36.9 Å². The number of rotatable bonds is 5. The van der Waals surface area contributed by atoms with E-state index in [1.165, 1.54) is 0 Å². The molecule has 0 radical (unpaired) electrons. The number of benzene rings is 1. The fourth-order valence-electron chi connectivity index (χ4n) is 2.18. The highest BCUT2D eigenvalue weighted by Gasteiger charge is 2.32. The van der Waals surface area contributed by atoms with Crippen LogP contribution in [0.25, 0.3) is 0 Å². The fourth-order valence-corrected chi connectivity index (χ4v) is 2.44. The second-order valence-electron chi connectivity index (χ2n) is 4.95. The smallest absolute Gasteiger partial charge is 0.262 e. The molecule has 1 aromatic rings. The van der Waals surface area contributed by atoms with Gasteiger partial charge in [-0.2, -0.15) is 0 Å². The lowest BCUT2D eigenvalue weighted by molar-refractivity contribution is -0.127. The van der Waals surface area contributed by atoms with Crippen molar-refractivity contribution in [2.45, 2.75) is 19.4 Å². The Morgan fingerprint density at radius 1 is 1.50 bits per heavy atom. The SMILES string of the molecule is C=CCNC(=S)N1C[C@@H](C(=O)NCCC)Oc2ccccc21. The number of anilines is 1. The van der Waals surface area contributed by atoms with E-state index in [0.29, 0.717) is 30.5 Å². The first-order chi connectivity index (χ1) is 10.7. The quantitative estimate of drug-likeness (QED) is 0.641. The maximum Gasteiger partial charge on any atom is 0.262 e. The molecule has 1 heterocycles. The van der Waals surface area contributed by atoms with Crippen LogP contribution in [-0.2, 0) is 4.79 Å². The largest absolute Gasteiger partial charge is 0.477 e. The van der Waals surface area contributed by atoms with Gasteiger partial charge in [-0.05, 0) is 30.8 Å². The zero-order chi connectivity index (χ0) is 15.9. The van der Waals surface area contributed by atoms with Crippen LogP contribution >= 0.6 is 12.2 Å². The van der Waals surface area contributed by atoms with Crippen molar-refractivity contribution in [2.75, 3.05) is 24.5 Å². The summed E-state index contributed by atoms with van der Waals surface area (Å²) in [5, 5.41) is 6.52. The number of fused-ring (bicyclic) bond motifs is 1. The first kappa shape index (κ1) is 16.3. The monoisotopic (exact) mass is 319 g/mol. The van der Waals surface area contributed by atoms with Crippen molar-refractivity contribution in [1.82, 2.24) is 10.6 Å². The third-order valence-corrected chi connectivity index (χ3v) is 3.62. The summed E-state index contributed by atoms with van der Waals surface area (Å²) in [5.41, 5.74) is 0.864. The number of hydrogen-bond acceptors (Lipinski definition) is 3. The zero-order valence-electron chi connectivity index (χ0n) is 12.7. The van der Waals surface area contributed by atoms with Gasteiger partial charge in [-0.1, -0.05) is 25.1 Å². The standard InChI is InChI=1S/C16H21N3O2S/c1-3-9-17-15(20)14-11-19(16(22)18-10-4-2)12-7-5-6-8-13(12)21-14/h4-8,14H,2-3,9-11H2,1H3,(H,17,20)(H,18,22)/t14-/m0/s1. The van der Waals surface area contributed by atoms with Gasteiger partial charge in [0.05, 0.1) is 12.2 Å². The molecule has 2 N–H and O–H groups in total. The minimum atomic E-state index is -0.579. The molecule has 1 aliphatic rings.